The third kappa shape index (κ3) is 5.28. The van der Waals surface area contributed by atoms with Gasteiger partial charge in [0, 0.05) is 42.5 Å². The summed E-state index contributed by atoms with van der Waals surface area (Å²) in [4.78, 5) is 7.35. The van der Waals surface area contributed by atoms with E-state index in [1.165, 1.54) is 37.9 Å². The van der Waals surface area contributed by atoms with Crippen molar-refractivity contribution in [2.75, 3.05) is 31.9 Å². The van der Waals surface area contributed by atoms with Gasteiger partial charge < -0.3 is 10.2 Å². The zero-order valence-corrected chi connectivity index (χ0v) is 17.8. The highest BCUT2D eigenvalue weighted by molar-refractivity contribution is 14.0. The Bertz CT molecular complexity index is 494. The van der Waals surface area contributed by atoms with E-state index >= 15 is 0 Å². The molecular weight excluding hydrogens is 433 g/mol. The largest absolute Gasteiger partial charge is 0.357 e. The molecule has 0 atom stereocenters. The predicted octanol–water partition coefficient (Wildman–Crippen LogP) is 3.22. The molecule has 1 aliphatic heterocycles. The van der Waals surface area contributed by atoms with Crippen LogP contribution in [0.1, 0.15) is 39.0 Å². The SMILES string of the molecule is CCNC(=NCCn1cccn1)N1CCSC2(CCCCC2)C1.I. The highest BCUT2D eigenvalue weighted by atomic mass is 127. The molecule has 0 unspecified atom stereocenters. The molecule has 136 valence electrons. The van der Waals surface area contributed by atoms with Gasteiger partial charge in [0.2, 0.25) is 0 Å². The maximum absolute atomic E-state index is 4.85. The van der Waals surface area contributed by atoms with Crippen molar-refractivity contribution in [2.45, 2.75) is 50.3 Å². The molecular formula is C17H30IN5S. The number of nitrogens with zero attached hydrogens (tertiary/aromatic N) is 4. The van der Waals surface area contributed by atoms with Gasteiger partial charge in [0.1, 0.15) is 0 Å². The second-order valence-electron chi connectivity index (χ2n) is 6.52. The summed E-state index contributed by atoms with van der Waals surface area (Å²) < 4.78 is 2.43. The lowest BCUT2D eigenvalue weighted by Crippen LogP contribution is -2.53. The summed E-state index contributed by atoms with van der Waals surface area (Å²) in [5, 5.41) is 7.74. The van der Waals surface area contributed by atoms with E-state index in [1.54, 1.807) is 0 Å². The van der Waals surface area contributed by atoms with Crippen LogP contribution in [0.2, 0.25) is 0 Å². The van der Waals surface area contributed by atoms with Crippen LogP contribution in [0.15, 0.2) is 23.5 Å². The van der Waals surface area contributed by atoms with E-state index in [9.17, 15) is 0 Å². The fourth-order valence-electron chi connectivity index (χ4n) is 3.64. The van der Waals surface area contributed by atoms with E-state index in [4.69, 9.17) is 4.99 Å². The van der Waals surface area contributed by atoms with Gasteiger partial charge in [0.25, 0.3) is 0 Å². The van der Waals surface area contributed by atoms with Crippen LogP contribution in [0.4, 0.5) is 0 Å². The van der Waals surface area contributed by atoms with Gasteiger partial charge >= 0.3 is 0 Å². The highest BCUT2D eigenvalue weighted by Crippen LogP contribution is 2.42. The third-order valence-electron chi connectivity index (χ3n) is 4.80. The van der Waals surface area contributed by atoms with E-state index < -0.39 is 0 Å². The van der Waals surface area contributed by atoms with Crippen LogP contribution < -0.4 is 5.32 Å². The van der Waals surface area contributed by atoms with Gasteiger partial charge in [0.15, 0.2) is 5.96 Å². The first kappa shape index (κ1) is 19.9. The van der Waals surface area contributed by atoms with Crippen LogP contribution in [0, 0.1) is 0 Å². The molecule has 1 saturated carbocycles. The lowest BCUT2D eigenvalue weighted by Gasteiger charge is -2.45. The molecule has 1 aliphatic carbocycles. The first-order valence-corrected chi connectivity index (χ1v) is 9.94. The molecule has 0 aromatic carbocycles. The molecule has 1 N–H and O–H groups in total. The minimum Gasteiger partial charge on any atom is -0.357 e. The van der Waals surface area contributed by atoms with Crippen LogP contribution in [0.3, 0.4) is 0 Å². The zero-order valence-electron chi connectivity index (χ0n) is 14.6. The Labute approximate surface area is 167 Å². The zero-order chi connectivity index (χ0) is 16.0. The maximum Gasteiger partial charge on any atom is 0.194 e. The van der Waals surface area contributed by atoms with Crippen molar-refractivity contribution in [1.82, 2.24) is 20.0 Å². The predicted molar refractivity (Wildman–Crippen MR) is 113 cm³/mol. The molecule has 7 heteroatoms. The molecule has 1 saturated heterocycles. The van der Waals surface area contributed by atoms with Crippen molar-refractivity contribution >= 4 is 41.7 Å². The number of rotatable bonds is 4. The Morgan fingerprint density at radius 3 is 2.88 bits per heavy atom. The van der Waals surface area contributed by atoms with Crippen LogP contribution in [-0.4, -0.2) is 57.3 Å². The van der Waals surface area contributed by atoms with Gasteiger partial charge in [-0.25, -0.2) is 0 Å². The standard InChI is InChI=1S/C17H29N5S.HI/c1-2-18-16(19-10-12-22-11-6-9-20-22)21-13-14-23-17(15-21)7-4-3-5-8-17;/h6,9,11H,2-5,7-8,10,12-15H2,1H3,(H,18,19);1H. The quantitative estimate of drug-likeness (QED) is 0.423. The Kier molecular flexibility index (Phi) is 8.19. The lowest BCUT2D eigenvalue weighted by atomic mass is 9.87. The molecule has 24 heavy (non-hydrogen) atoms. The summed E-state index contributed by atoms with van der Waals surface area (Å²) in [6.07, 6.45) is 10.8. The summed E-state index contributed by atoms with van der Waals surface area (Å²) in [6, 6.07) is 1.96. The van der Waals surface area contributed by atoms with Gasteiger partial charge in [-0.3, -0.25) is 9.67 Å². The van der Waals surface area contributed by atoms with Gasteiger partial charge in [-0.05, 0) is 25.8 Å². The van der Waals surface area contributed by atoms with Crippen LogP contribution >= 0.6 is 35.7 Å². The average molecular weight is 463 g/mol. The van der Waals surface area contributed by atoms with E-state index in [-0.39, 0.29) is 24.0 Å². The van der Waals surface area contributed by atoms with Gasteiger partial charge in [-0.1, -0.05) is 19.3 Å². The van der Waals surface area contributed by atoms with Crippen molar-refractivity contribution < 1.29 is 0 Å². The minimum absolute atomic E-state index is 0. The second-order valence-corrected chi connectivity index (χ2v) is 8.08. The lowest BCUT2D eigenvalue weighted by molar-refractivity contribution is 0.293. The van der Waals surface area contributed by atoms with Crippen LogP contribution in [0.25, 0.3) is 0 Å². The number of aromatic nitrogens is 2. The molecule has 2 aliphatic rings. The molecule has 0 radical (unpaired) electrons. The first-order chi connectivity index (χ1) is 11.3. The van der Waals surface area contributed by atoms with E-state index in [0.29, 0.717) is 4.75 Å². The highest BCUT2D eigenvalue weighted by Gasteiger charge is 2.38. The number of halogens is 1. The third-order valence-corrected chi connectivity index (χ3v) is 6.33. The summed E-state index contributed by atoms with van der Waals surface area (Å²) in [7, 11) is 0. The fourth-order valence-corrected chi connectivity index (χ4v) is 5.21. The molecule has 5 nitrogen and oxygen atoms in total. The number of hydrogen-bond donors (Lipinski definition) is 1. The number of thioether (sulfide) groups is 1. The number of guanidine groups is 1. The Hall–Kier alpha value is -0.440. The molecule has 1 aromatic rings. The summed E-state index contributed by atoms with van der Waals surface area (Å²) in [6.45, 7) is 6.97. The van der Waals surface area contributed by atoms with Crippen molar-refractivity contribution in [1.29, 1.82) is 0 Å². The van der Waals surface area contributed by atoms with Crippen LogP contribution in [-0.2, 0) is 6.54 Å². The fraction of sp³-hybridized carbons (Fsp3) is 0.765. The maximum atomic E-state index is 4.85. The number of hydrogen-bond acceptors (Lipinski definition) is 3. The van der Waals surface area contributed by atoms with E-state index in [0.717, 1.165) is 38.7 Å². The van der Waals surface area contributed by atoms with Crippen molar-refractivity contribution in [3.63, 3.8) is 0 Å². The second kappa shape index (κ2) is 9.89. The van der Waals surface area contributed by atoms with Gasteiger partial charge in [0.05, 0.1) is 13.1 Å². The minimum atomic E-state index is 0. The molecule has 2 fully saturated rings. The Morgan fingerprint density at radius 2 is 2.17 bits per heavy atom. The van der Waals surface area contributed by atoms with E-state index in [1.807, 2.05) is 23.1 Å². The molecule has 1 aromatic heterocycles. The molecule has 3 rings (SSSR count). The molecule has 0 amide bonds. The first-order valence-electron chi connectivity index (χ1n) is 8.96. The van der Waals surface area contributed by atoms with Crippen molar-refractivity contribution in [2.24, 2.45) is 4.99 Å². The van der Waals surface area contributed by atoms with E-state index in [2.05, 4.69) is 34.0 Å². The number of nitrogens with one attached hydrogen (secondary N) is 1. The normalized spacial score (nSPS) is 20.7. The topological polar surface area (TPSA) is 45.5 Å². The Morgan fingerprint density at radius 1 is 1.33 bits per heavy atom. The van der Waals surface area contributed by atoms with Gasteiger partial charge in [-0.2, -0.15) is 16.9 Å². The molecule has 0 bridgehead atoms. The summed E-state index contributed by atoms with van der Waals surface area (Å²) in [5.41, 5.74) is 0. The smallest absolute Gasteiger partial charge is 0.194 e. The molecule has 1 spiro atoms. The number of aliphatic imine (C=N–C) groups is 1. The van der Waals surface area contributed by atoms with Crippen molar-refractivity contribution in [3.05, 3.63) is 18.5 Å². The monoisotopic (exact) mass is 463 g/mol. The van der Waals surface area contributed by atoms with Crippen LogP contribution in [0.5, 0.6) is 0 Å². The van der Waals surface area contributed by atoms with Crippen molar-refractivity contribution in [3.8, 4) is 0 Å². The summed E-state index contributed by atoms with van der Waals surface area (Å²) >= 11 is 2.21. The average Bonchev–Trinajstić information content (AvgIpc) is 3.08. The van der Waals surface area contributed by atoms with Gasteiger partial charge in [-0.15, -0.1) is 24.0 Å². The Balaban J connectivity index is 0.00000208. The summed E-state index contributed by atoms with van der Waals surface area (Å²) in [5.74, 6) is 2.31. The molecule has 2 heterocycles.